The third-order valence-electron chi connectivity index (χ3n) is 4.72. The smallest absolute Gasteiger partial charge is 0.151 e. The summed E-state index contributed by atoms with van der Waals surface area (Å²) in [6, 6.07) is 4.08. The van der Waals surface area contributed by atoms with Crippen LogP contribution in [0.1, 0.15) is 25.0 Å². The molecule has 5 nitrogen and oxygen atoms in total. The number of hydrogen-bond acceptors (Lipinski definition) is 5. The van der Waals surface area contributed by atoms with Crippen molar-refractivity contribution >= 4 is 5.82 Å². The minimum atomic E-state index is 0.0616. The van der Waals surface area contributed by atoms with Gasteiger partial charge in [-0.25, -0.2) is 0 Å². The molecular formula is C17H25N3O2. The van der Waals surface area contributed by atoms with Crippen molar-refractivity contribution in [2.24, 2.45) is 5.41 Å². The molecule has 0 N–H and O–H groups in total. The number of fused-ring (bicyclic) bond motifs is 1. The van der Waals surface area contributed by atoms with E-state index in [9.17, 15) is 0 Å². The van der Waals surface area contributed by atoms with E-state index < -0.39 is 0 Å². The third kappa shape index (κ3) is 3.15. The van der Waals surface area contributed by atoms with Gasteiger partial charge < -0.3 is 14.4 Å². The molecule has 0 saturated carbocycles. The molecule has 22 heavy (non-hydrogen) atoms. The van der Waals surface area contributed by atoms with E-state index >= 15 is 0 Å². The second kappa shape index (κ2) is 6.75. The van der Waals surface area contributed by atoms with Gasteiger partial charge >= 0.3 is 0 Å². The van der Waals surface area contributed by atoms with Crippen molar-refractivity contribution < 1.29 is 9.47 Å². The van der Waals surface area contributed by atoms with Gasteiger partial charge in [0.25, 0.3) is 0 Å². The summed E-state index contributed by atoms with van der Waals surface area (Å²) < 4.78 is 11.9. The predicted molar refractivity (Wildman–Crippen MR) is 86.0 cm³/mol. The van der Waals surface area contributed by atoms with Crippen LogP contribution in [0.4, 0.5) is 5.82 Å². The Hall–Kier alpha value is -1.46. The van der Waals surface area contributed by atoms with E-state index in [1.807, 2.05) is 13.0 Å². The van der Waals surface area contributed by atoms with Gasteiger partial charge in [0.1, 0.15) is 0 Å². The number of aromatic nitrogens is 2. The number of ether oxygens (including phenoxy) is 2. The Labute approximate surface area is 132 Å². The summed E-state index contributed by atoms with van der Waals surface area (Å²) in [6.07, 6.45) is 5.36. The standard InChI is InChI=1S/C17H25N3O2/c1-3-10-21-13-17-8-4-11-22-15(17)7-9-20(12-17)16-6-5-14(2)18-19-16/h3,5-6,15H,1,4,7-13H2,2H3/t15-,17-/m1/s1. The van der Waals surface area contributed by atoms with Crippen LogP contribution in [0.3, 0.4) is 0 Å². The monoisotopic (exact) mass is 303 g/mol. The summed E-state index contributed by atoms with van der Waals surface area (Å²) in [7, 11) is 0. The fraction of sp³-hybridized carbons (Fsp3) is 0.647. The van der Waals surface area contributed by atoms with Gasteiger partial charge in [-0.3, -0.25) is 0 Å². The molecule has 2 aliphatic heterocycles. The Morgan fingerprint density at radius 3 is 3.18 bits per heavy atom. The van der Waals surface area contributed by atoms with Crippen molar-refractivity contribution in [2.75, 3.05) is 37.8 Å². The molecule has 2 aliphatic rings. The first-order valence-corrected chi connectivity index (χ1v) is 8.09. The number of anilines is 1. The highest BCUT2D eigenvalue weighted by Gasteiger charge is 2.46. The molecule has 0 aliphatic carbocycles. The zero-order valence-electron chi connectivity index (χ0n) is 13.3. The average molecular weight is 303 g/mol. The van der Waals surface area contributed by atoms with Crippen molar-refractivity contribution in [1.29, 1.82) is 0 Å². The molecule has 1 aromatic rings. The Morgan fingerprint density at radius 2 is 2.41 bits per heavy atom. The van der Waals surface area contributed by atoms with E-state index in [0.29, 0.717) is 12.7 Å². The molecular weight excluding hydrogens is 278 g/mol. The van der Waals surface area contributed by atoms with Crippen molar-refractivity contribution in [3.05, 3.63) is 30.5 Å². The van der Waals surface area contributed by atoms with Crippen LogP contribution >= 0.6 is 0 Å². The van der Waals surface area contributed by atoms with Gasteiger partial charge in [0.2, 0.25) is 0 Å². The summed E-state index contributed by atoms with van der Waals surface area (Å²) in [5, 5.41) is 8.53. The number of nitrogens with zero attached hydrogens (tertiary/aromatic N) is 3. The van der Waals surface area contributed by atoms with Crippen molar-refractivity contribution in [2.45, 2.75) is 32.3 Å². The van der Waals surface area contributed by atoms with Crippen LogP contribution in [0.5, 0.6) is 0 Å². The van der Waals surface area contributed by atoms with Crippen LogP contribution in [0, 0.1) is 12.3 Å². The zero-order valence-corrected chi connectivity index (χ0v) is 13.3. The number of rotatable bonds is 5. The first-order valence-electron chi connectivity index (χ1n) is 8.09. The lowest BCUT2D eigenvalue weighted by molar-refractivity contribution is -0.123. The van der Waals surface area contributed by atoms with Crippen LogP contribution in [-0.2, 0) is 9.47 Å². The minimum Gasteiger partial charge on any atom is -0.377 e. The molecule has 3 rings (SSSR count). The molecule has 2 fully saturated rings. The molecule has 0 radical (unpaired) electrons. The first-order chi connectivity index (χ1) is 10.7. The van der Waals surface area contributed by atoms with Crippen LogP contribution in [0.2, 0.25) is 0 Å². The molecule has 2 saturated heterocycles. The molecule has 1 aromatic heterocycles. The topological polar surface area (TPSA) is 47.5 Å². The van der Waals surface area contributed by atoms with Crippen molar-refractivity contribution in [3.8, 4) is 0 Å². The van der Waals surface area contributed by atoms with Gasteiger partial charge in [-0.1, -0.05) is 6.08 Å². The molecule has 5 heteroatoms. The van der Waals surface area contributed by atoms with Crippen molar-refractivity contribution in [1.82, 2.24) is 10.2 Å². The quantitative estimate of drug-likeness (QED) is 0.617. The molecule has 2 atom stereocenters. The zero-order chi connectivity index (χ0) is 15.4. The van der Waals surface area contributed by atoms with Gasteiger partial charge in [-0.05, 0) is 38.3 Å². The van der Waals surface area contributed by atoms with Crippen molar-refractivity contribution in [3.63, 3.8) is 0 Å². The Kier molecular flexibility index (Phi) is 4.74. The second-order valence-electron chi connectivity index (χ2n) is 6.37. The van der Waals surface area contributed by atoms with Crippen LogP contribution in [-0.4, -0.2) is 49.2 Å². The largest absolute Gasteiger partial charge is 0.377 e. The summed E-state index contributed by atoms with van der Waals surface area (Å²) in [5.74, 6) is 0.956. The normalized spacial score (nSPS) is 28.2. The van der Waals surface area contributed by atoms with E-state index in [1.54, 1.807) is 6.08 Å². The van der Waals surface area contributed by atoms with Crippen LogP contribution < -0.4 is 4.90 Å². The molecule has 0 unspecified atom stereocenters. The van der Waals surface area contributed by atoms with Gasteiger partial charge in [-0.15, -0.1) is 11.7 Å². The molecule has 0 bridgehead atoms. The maximum Gasteiger partial charge on any atom is 0.151 e. The van der Waals surface area contributed by atoms with Gasteiger partial charge in [0, 0.05) is 25.1 Å². The van der Waals surface area contributed by atoms with Crippen LogP contribution in [0.25, 0.3) is 0 Å². The highest BCUT2D eigenvalue weighted by atomic mass is 16.5. The molecule has 120 valence electrons. The molecule has 3 heterocycles. The minimum absolute atomic E-state index is 0.0616. The van der Waals surface area contributed by atoms with E-state index in [1.165, 1.54) is 0 Å². The lowest BCUT2D eigenvalue weighted by Gasteiger charge is -2.50. The van der Waals surface area contributed by atoms with Gasteiger partial charge in [0.15, 0.2) is 5.82 Å². The van der Waals surface area contributed by atoms with E-state index in [-0.39, 0.29) is 5.41 Å². The highest BCUT2D eigenvalue weighted by molar-refractivity contribution is 5.39. The summed E-state index contributed by atoms with van der Waals surface area (Å²) in [5.41, 5.74) is 1.01. The maximum absolute atomic E-state index is 6.05. The number of piperidine rings is 1. The lowest BCUT2D eigenvalue weighted by Crippen LogP contribution is -2.57. The fourth-order valence-corrected chi connectivity index (χ4v) is 3.60. The Balaban J connectivity index is 1.76. The van der Waals surface area contributed by atoms with Crippen LogP contribution in [0.15, 0.2) is 24.8 Å². The lowest BCUT2D eigenvalue weighted by atomic mass is 9.73. The van der Waals surface area contributed by atoms with Gasteiger partial charge in [0.05, 0.1) is 25.0 Å². The van der Waals surface area contributed by atoms with E-state index in [4.69, 9.17) is 9.47 Å². The SMILES string of the molecule is C=CCOC[C@]12CCCO[C@@H]1CCN(c1ccc(C)nn1)C2. The summed E-state index contributed by atoms with van der Waals surface area (Å²) >= 11 is 0. The number of aryl methyl sites for hydroxylation is 1. The third-order valence-corrected chi connectivity index (χ3v) is 4.72. The summed E-state index contributed by atoms with van der Waals surface area (Å²) in [6.45, 7) is 9.77. The van der Waals surface area contributed by atoms with E-state index in [2.05, 4.69) is 27.7 Å². The Bertz CT molecular complexity index is 505. The van der Waals surface area contributed by atoms with E-state index in [0.717, 1.165) is 57.1 Å². The predicted octanol–water partition coefficient (Wildman–Crippen LogP) is 2.36. The Morgan fingerprint density at radius 1 is 1.50 bits per heavy atom. The molecule has 0 aromatic carbocycles. The summed E-state index contributed by atoms with van der Waals surface area (Å²) in [4.78, 5) is 2.33. The second-order valence-corrected chi connectivity index (χ2v) is 6.37. The maximum atomic E-state index is 6.05. The fourth-order valence-electron chi connectivity index (χ4n) is 3.60. The molecule has 0 amide bonds. The molecule has 0 spiro atoms. The first kappa shape index (κ1) is 15.4. The van der Waals surface area contributed by atoms with Gasteiger partial charge in [-0.2, -0.15) is 5.10 Å². The highest BCUT2D eigenvalue weighted by Crippen LogP contribution is 2.41. The average Bonchev–Trinajstić information content (AvgIpc) is 2.55. The number of hydrogen-bond donors (Lipinski definition) is 0.